The van der Waals surface area contributed by atoms with Gasteiger partial charge in [0.15, 0.2) is 0 Å². The maximum atomic E-state index is 12.8. The van der Waals surface area contributed by atoms with Crippen LogP contribution in [0.5, 0.6) is 0 Å². The SMILES string of the molecule is O=C(NC1(CBr)CC1)c1cncc(F)c1. The topological polar surface area (TPSA) is 42.0 Å². The predicted molar refractivity (Wildman–Crippen MR) is 57.4 cm³/mol. The third-order valence-corrected chi connectivity index (χ3v) is 3.53. The van der Waals surface area contributed by atoms with Crippen molar-refractivity contribution in [1.29, 1.82) is 0 Å². The molecule has 3 nitrogen and oxygen atoms in total. The Morgan fingerprint density at radius 2 is 2.33 bits per heavy atom. The molecule has 1 aliphatic carbocycles. The zero-order valence-electron chi connectivity index (χ0n) is 7.96. The summed E-state index contributed by atoms with van der Waals surface area (Å²) in [6.45, 7) is 0. The second-order valence-electron chi connectivity index (χ2n) is 3.76. The van der Waals surface area contributed by atoms with Crippen molar-refractivity contribution in [1.82, 2.24) is 10.3 Å². The highest BCUT2D eigenvalue weighted by Gasteiger charge is 2.43. The van der Waals surface area contributed by atoms with E-state index in [-0.39, 0.29) is 17.0 Å². The van der Waals surface area contributed by atoms with Gasteiger partial charge in [0.05, 0.1) is 17.3 Å². The van der Waals surface area contributed by atoms with Gasteiger partial charge in [0.1, 0.15) is 5.82 Å². The molecule has 0 aliphatic heterocycles. The molecule has 1 fully saturated rings. The Morgan fingerprint density at radius 3 is 2.87 bits per heavy atom. The molecule has 2 rings (SSSR count). The maximum absolute atomic E-state index is 12.8. The highest BCUT2D eigenvalue weighted by Crippen LogP contribution is 2.37. The molecule has 1 amide bonds. The van der Waals surface area contributed by atoms with E-state index in [9.17, 15) is 9.18 Å². The van der Waals surface area contributed by atoms with Crippen LogP contribution < -0.4 is 5.32 Å². The summed E-state index contributed by atoms with van der Waals surface area (Å²) in [5.41, 5.74) is 0.144. The first-order valence-electron chi connectivity index (χ1n) is 4.64. The summed E-state index contributed by atoms with van der Waals surface area (Å²) in [6, 6.07) is 1.19. The normalized spacial score (nSPS) is 17.2. The second kappa shape index (κ2) is 3.89. The van der Waals surface area contributed by atoms with E-state index in [0.717, 1.165) is 24.4 Å². The van der Waals surface area contributed by atoms with Crippen LogP contribution in [0.4, 0.5) is 4.39 Å². The Labute approximate surface area is 95.2 Å². The average molecular weight is 273 g/mol. The molecule has 1 heterocycles. The van der Waals surface area contributed by atoms with Crippen molar-refractivity contribution in [2.75, 3.05) is 5.33 Å². The second-order valence-corrected chi connectivity index (χ2v) is 4.32. The van der Waals surface area contributed by atoms with Gasteiger partial charge in [0.2, 0.25) is 0 Å². The van der Waals surface area contributed by atoms with Gasteiger partial charge in [-0.2, -0.15) is 0 Å². The lowest BCUT2D eigenvalue weighted by Gasteiger charge is -2.13. The summed E-state index contributed by atoms with van der Waals surface area (Å²) in [5.74, 6) is -0.759. The minimum Gasteiger partial charge on any atom is -0.346 e. The number of rotatable bonds is 3. The Hall–Kier alpha value is -0.970. The summed E-state index contributed by atoms with van der Waals surface area (Å²) >= 11 is 3.34. The molecule has 0 radical (unpaired) electrons. The molecule has 80 valence electrons. The minimum absolute atomic E-state index is 0.122. The smallest absolute Gasteiger partial charge is 0.253 e. The molecule has 1 aromatic rings. The zero-order chi connectivity index (χ0) is 10.9. The van der Waals surface area contributed by atoms with E-state index in [2.05, 4.69) is 26.2 Å². The number of carbonyl (C=O) groups excluding carboxylic acids is 1. The molecule has 0 spiro atoms. The fourth-order valence-electron chi connectivity index (χ4n) is 1.29. The lowest BCUT2D eigenvalue weighted by Crippen LogP contribution is -2.38. The van der Waals surface area contributed by atoms with Gasteiger partial charge >= 0.3 is 0 Å². The number of amides is 1. The van der Waals surface area contributed by atoms with Crippen molar-refractivity contribution in [2.45, 2.75) is 18.4 Å². The van der Waals surface area contributed by atoms with E-state index in [4.69, 9.17) is 0 Å². The van der Waals surface area contributed by atoms with E-state index < -0.39 is 5.82 Å². The Kier molecular flexibility index (Phi) is 2.73. The van der Waals surface area contributed by atoms with Crippen molar-refractivity contribution < 1.29 is 9.18 Å². The van der Waals surface area contributed by atoms with Gasteiger partial charge < -0.3 is 5.32 Å². The maximum Gasteiger partial charge on any atom is 0.253 e. The van der Waals surface area contributed by atoms with Gasteiger partial charge in [-0.15, -0.1) is 0 Å². The van der Waals surface area contributed by atoms with E-state index in [1.807, 2.05) is 0 Å². The standard InChI is InChI=1S/C10H10BrFN2O/c11-6-10(1-2-10)14-9(15)7-3-8(12)5-13-4-7/h3-5H,1-2,6H2,(H,14,15). The number of hydrogen-bond acceptors (Lipinski definition) is 2. The third-order valence-electron chi connectivity index (χ3n) is 2.46. The minimum atomic E-state index is -0.494. The number of aromatic nitrogens is 1. The van der Waals surface area contributed by atoms with E-state index in [1.54, 1.807) is 0 Å². The summed E-state index contributed by atoms with van der Waals surface area (Å²) in [6.07, 6.45) is 4.37. The lowest BCUT2D eigenvalue weighted by atomic mass is 10.2. The average Bonchev–Trinajstić information content (AvgIpc) is 2.98. The molecule has 0 bridgehead atoms. The van der Waals surface area contributed by atoms with Gasteiger partial charge in [-0.05, 0) is 18.9 Å². The lowest BCUT2D eigenvalue weighted by molar-refractivity contribution is 0.0935. The molecule has 0 aromatic carbocycles. The molecule has 5 heteroatoms. The van der Waals surface area contributed by atoms with Gasteiger partial charge in [-0.3, -0.25) is 9.78 Å². The van der Waals surface area contributed by atoms with E-state index in [0.29, 0.717) is 0 Å². The highest BCUT2D eigenvalue weighted by molar-refractivity contribution is 9.09. The number of nitrogens with zero attached hydrogens (tertiary/aromatic N) is 1. The van der Waals surface area contributed by atoms with Gasteiger partial charge in [0, 0.05) is 11.5 Å². The first-order valence-corrected chi connectivity index (χ1v) is 5.76. The largest absolute Gasteiger partial charge is 0.346 e. The monoisotopic (exact) mass is 272 g/mol. The van der Waals surface area contributed by atoms with Crippen molar-refractivity contribution in [3.63, 3.8) is 0 Å². The molecule has 0 unspecified atom stereocenters. The van der Waals surface area contributed by atoms with Crippen LogP contribution in [0.3, 0.4) is 0 Å². The molecule has 1 saturated carbocycles. The van der Waals surface area contributed by atoms with Crippen LogP contribution in [-0.2, 0) is 0 Å². The summed E-state index contributed by atoms with van der Waals surface area (Å²) in [5, 5.41) is 3.60. The van der Waals surface area contributed by atoms with Crippen molar-refractivity contribution in [3.8, 4) is 0 Å². The van der Waals surface area contributed by atoms with Crippen molar-refractivity contribution in [3.05, 3.63) is 29.8 Å². The molecule has 1 aromatic heterocycles. The molecule has 0 saturated heterocycles. The first-order chi connectivity index (χ1) is 7.15. The number of carbonyl (C=O) groups is 1. The summed E-state index contributed by atoms with van der Waals surface area (Å²) < 4.78 is 12.8. The Balaban J connectivity index is 2.08. The van der Waals surface area contributed by atoms with Crippen LogP contribution >= 0.6 is 15.9 Å². The van der Waals surface area contributed by atoms with Gasteiger partial charge in [-0.25, -0.2) is 4.39 Å². The Morgan fingerprint density at radius 1 is 1.60 bits per heavy atom. The summed E-state index contributed by atoms with van der Waals surface area (Å²) in [7, 11) is 0. The van der Waals surface area contributed by atoms with Crippen LogP contribution in [0.1, 0.15) is 23.2 Å². The quantitative estimate of drug-likeness (QED) is 0.854. The van der Waals surface area contributed by atoms with Crippen molar-refractivity contribution in [2.24, 2.45) is 0 Å². The molecule has 1 N–H and O–H groups in total. The molecular weight excluding hydrogens is 263 g/mol. The van der Waals surface area contributed by atoms with Crippen LogP contribution in [0.15, 0.2) is 18.5 Å². The predicted octanol–water partition coefficient (Wildman–Crippen LogP) is 1.88. The van der Waals surface area contributed by atoms with Crippen LogP contribution in [0.25, 0.3) is 0 Å². The van der Waals surface area contributed by atoms with E-state index in [1.165, 1.54) is 12.3 Å². The first kappa shape index (κ1) is 10.5. The van der Waals surface area contributed by atoms with Crippen LogP contribution in [0, 0.1) is 5.82 Å². The highest BCUT2D eigenvalue weighted by atomic mass is 79.9. The van der Waals surface area contributed by atoms with Gasteiger partial charge in [-0.1, -0.05) is 15.9 Å². The Bertz CT molecular complexity index is 393. The molecular formula is C10H10BrFN2O. The van der Waals surface area contributed by atoms with Gasteiger partial charge in [0.25, 0.3) is 5.91 Å². The number of nitrogens with one attached hydrogen (secondary N) is 1. The molecule has 1 aliphatic rings. The van der Waals surface area contributed by atoms with Crippen molar-refractivity contribution >= 4 is 21.8 Å². The summed E-state index contributed by atoms with van der Waals surface area (Å²) in [4.78, 5) is 15.3. The van der Waals surface area contributed by atoms with Crippen LogP contribution in [-0.4, -0.2) is 21.8 Å². The molecule has 15 heavy (non-hydrogen) atoms. The number of hydrogen-bond donors (Lipinski definition) is 1. The fraction of sp³-hybridized carbons (Fsp3) is 0.400. The van der Waals surface area contributed by atoms with E-state index >= 15 is 0 Å². The zero-order valence-corrected chi connectivity index (χ0v) is 9.55. The number of pyridine rings is 1. The van der Waals surface area contributed by atoms with Crippen LogP contribution in [0.2, 0.25) is 0 Å². The fourth-order valence-corrected chi connectivity index (χ4v) is 1.99. The third kappa shape index (κ3) is 2.34. The number of alkyl halides is 1. The molecule has 0 atom stereocenters. The number of halogens is 2.